The van der Waals surface area contributed by atoms with Crippen molar-refractivity contribution in [2.45, 2.75) is 44.3 Å². The molecule has 1 spiro atoms. The number of likely N-dealkylation sites (N-methyl/N-ethyl adjacent to an activating group) is 1. The molecule has 2 aromatic carbocycles. The topological polar surface area (TPSA) is 113 Å². The standard InChI is InChI=1S/C28H27FN6O4/c1-16(2)13-21(34(4)26(37)24-33-32-23(39-24)17-9-11-18(29)12-10-17)25(36)35-15-28(14-22(35)30-3)19-7-5-6-8-20(19)31-27(28)38/h5-12,16,21-22H,13-15H2,1-2,4H3,(H,31,38)/t21-,22-,28-/m0/s1. The van der Waals surface area contributed by atoms with Crippen LogP contribution in [0.25, 0.3) is 16.3 Å². The van der Waals surface area contributed by atoms with Crippen LogP contribution in [0.15, 0.2) is 52.9 Å². The van der Waals surface area contributed by atoms with E-state index in [-0.39, 0.29) is 36.6 Å². The van der Waals surface area contributed by atoms with Gasteiger partial charge < -0.3 is 14.6 Å². The van der Waals surface area contributed by atoms with Crippen molar-refractivity contribution in [1.29, 1.82) is 0 Å². The van der Waals surface area contributed by atoms with Gasteiger partial charge in [-0.05, 0) is 48.2 Å². The number of fused-ring (bicyclic) bond motifs is 2. The maximum Gasteiger partial charge on any atom is 0.311 e. The molecule has 2 aliphatic heterocycles. The highest BCUT2D eigenvalue weighted by Gasteiger charge is 2.59. The monoisotopic (exact) mass is 530 g/mol. The van der Waals surface area contributed by atoms with Crippen LogP contribution >= 0.6 is 0 Å². The molecule has 0 unspecified atom stereocenters. The maximum absolute atomic E-state index is 14.0. The highest BCUT2D eigenvalue weighted by molar-refractivity contribution is 6.07. The summed E-state index contributed by atoms with van der Waals surface area (Å²) in [6.45, 7) is 11.7. The number of anilines is 1. The Morgan fingerprint density at radius 2 is 1.95 bits per heavy atom. The number of benzene rings is 2. The molecule has 1 aromatic heterocycles. The van der Waals surface area contributed by atoms with Crippen LogP contribution in [0.2, 0.25) is 0 Å². The second-order valence-electron chi connectivity index (χ2n) is 10.3. The molecule has 0 bridgehead atoms. The molecule has 5 rings (SSSR count). The first-order chi connectivity index (χ1) is 18.6. The van der Waals surface area contributed by atoms with E-state index in [4.69, 9.17) is 11.0 Å². The molecule has 0 saturated carbocycles. The van der Waals surface area contributed by atoms with Gasteiger partial charge >= 0.3 is 18.0 Å². The summed E-state index contributed by atoms with van der Waals surface area (Å²) in [5.41, 5.74) is 0.865. The van der Waals surface area contributed by atoms with E-state index in [1.807, 2.05) is 32.0 Å². The Hall–Kier alpha value is -4.59. The zero-order chi connectivity index (χ0) is 27.9. The van der Waals surface area contributed by atoms with Crippen molar-refractivity contribution < 1.29 is 23.2 Å². The summed E-state index contributed by atoms with van der Waals surface area (Å²) in [4.78, 5) is 46.9. The summed E-state index contributed by atoms with van der Waals surface area (Å²) in [5.74, 6) is -1.99. The van der Waals surface area contributed by atoms with E-state index < -0.39 is 35.3 Å². The van der Waals surface area contributed by atoms with Crippen LogP contribution in [0.4, 0.5) is 10.1 Å². The molecule has 0 aliphatic carbocycles. The minimum atomic E-state index is -1.02. The van der Waals surface area contributed by atoms with E-state index in [9.17, 15) is 18.8 Å². The van der Waals surface area contributed by atoms with Crippen LogP contribution in [0.3, 0.4) is 0 Å². The lowest BCUT2D eigenvalue weighted by molar-refractivity contribution is -0.136. The Kier molecular flexibility index (Phi) is 6.64. The largest absolute Gasteiger partial charge is 0.412 e. The maximum atomic E-state index is 14.0. The average Bonchev–Trinajstić information content (AvgIpc) is 3.63. The van der Waals surface area contributed by atoms with Gasteiger partial charge in [-0.1, -0.05) is 32.0 Å². The van der Waals surface area contributed by atoms with E-state index >= 15 is 0 Å². The highest BCUT2D eigenvalue weighted by Crippen LogP contribution is 2.47. The number of carbonyl (C=O) groups is 3. The third kappa shape index (κ3) is 4.52. The second-order valence-corrected chi connectivity index (χ2v) is 10.3. The van der Waals surface area contributed by atoms with Gasteiger partial charge in [0.15, 0.2) is 0 Å². The number of carbonyl (C=O) groups excluding carboxylic acids is 3. The van der Waals surface area contributed by atoms with Gasteiger partial charge in [-0.3, -0.25) is 24.1 Å². The van der Waals surface area contributed by atoms with Gasteiger partial charge in [-0.15, -0.1) is 10.2 Å². The fourth-order valence-electron chi connectivity index (χ4n) is 5.33. The van der Waals surface area contributed by atoms with Crippen LogP contribution < -0.4 is 5.32 Å². The van der Waals surface area contributed by atoms with E-state index in [1.165, 1.54) is 41.1 Å². The van der Waals surface area contributed by atoms with E-state index in [0.717, 1.165) is 5.56 Å². The van der Waals surface area contributed by atoms with Crippen LogP contribution in [0.5, 0.6) is 0 Å². The normalized spacial score (nSPS) is 20.6. The fourth-order valence-corrected chi connectivity index (χ4v) is 5.33. The molecule has 2 aliphatic rings. The van der Waals surface area contributed by atoms with Crippen molar-refractivity contribution in [3.8, 4) is 11.5 Å². The Bertz CT molecular complexity index is 1480. The molecule has 3 aromatic rings. The van der Waals surface area contributed by atoms with Gasteiger partial charge in [0.05, 0.1) is 6.42 Å². The minimum Gasteiger partial charge on any atom is -0.412 e. The predicted molar refractivity (Wildman–Crippen MR) is 138 cm³/mol. The van der Waals surface area contributed by atoms with Crippen molar-refractivity contribution >= 4 is 23.4 Å². The molecule has 3 atom stereocenters. The van der Waals surface area contributed by atoms with Crippen LogP contribution in [0, 0.1) is 18.3 Å². The lowest BCUT2D eigenvalue weighted by atomic mass is 9.80. The number of amides is 3. The summed E-state index contributed by atoms with van der Waals surface area (Å²) in [6.07, 6.45) is -0.375. The molecular weight excluding hydrogens is 503 g/mol. The van der Waals surface area contributed by atoms with Crippen LogP contribution in [-0.2, 0) is 15.0 Å². The van der Waals surface area contributed by atoms with Crippen LogP contribution in [-0.4, -0.2) is 63.5 Å². The Morgan fingerprint density at radius 3 is 2.64 bits per heavy atom. The molecule has 1 saturated heterocycles. The molecule has 10 nitrogen and oxygen atoms in total. The van der Waals surface area contributed by atoms with Crippen molar-refractivity contribution in [3.05, 3.63) is 77.2 Å². The van der Waals surface area contributed by atoms with Gasteiger partial charge in [-0.25, -0.2) is 11.0 Å². The van der Waals surface area contributed by atoms with Gasteiger partial charge in [-0.2, -0.15) is 0 Å². The number of hydrogen-bond acceptors (Lipinski definition) is 6. The second kappa shape index (κ2) is 9.94. The van der Waals surface area contributed by atoms with E-state index in [1.54, 1.807) is 6.07 Å². The smallest absolute Gasteiger partial charge is 0.311 e. The summed E-state index contributed by atoms with van der Waals surface area (Å²) >= 11 is 0. The lowest BCUT2D eigenvalue weighted by Crippen LogP contribution is -2.51. The Labute approximate surface area is 224 Å². The summed E-state index contributed by atoms with van der Waals surface area (Å²) in [5, 5.41) is 10.6. The molecule has 11 heteroatoms. The molecule has 1 fully saturated rings. The number of halogens is 1. The summed E-state index contributed by atoms with van der Waals surface area (Å²) < 4.78 is 18.8. The SMILES string of the molecule is [C-]#[N+][C@@H]1C[C@@]2(CN1C(=O)[C@H](CC(C)C)N(C)C(=O)c1nnc(-c3ccc(F)cc3)o1)C(=O)Nc1ccccc12. The molecule has 39 heavy (non-hydrogen) atoms. The molecule has 3 heterocycles. The first kappa shape index (κ1) is 26.0. The van der Waals surface area contributed by atoms with Gasteiger partial charge in [0, 0.05) is 24.8 Å². The zero-order valence-corrected chi connectivity index (χ0v) is 21.7. The number of para-hydroxylation sites is 1. The Balaban J connectivity index is 1.41. The number of rotatable bonds is 6. The number of likely N-dealkylation sites (tertiary alicyclic amines) is 1. The first-order valence-corrected chi connectivity index (χ1v) is 12.6. The predicted octanol–water partition coefficient (Wildman–Crippen LogP) is 3.73. The molecule has 1 N–H and O–H groups in total. The number of aromatic nitrogens is 2. The summed E-state index contributed by atoms with van der Waals surface area (Å²) in [6, 6.07) is 11.8. The Morgan fingerprint density at radius 1 is 1.23 bits per heavy atom. The van der Waals surface area contributed by atoms with Gasteiger partial charge in [0.25, 0.3) is 5.91 Å². The lowest BCUT2D eigenvalue weighted by Gasteiger charge is -2.31. The number of hydrogen-bond donors (Lipinski definition) is 1. The first-order valence-electron chi connectivity index (χ1n) is 12.6. The molecule has 0 radical (unpaired) electrons. The van der Waals surface area contributed by atoms with Crippen LogP contribution in [0.1, 0.15) is 42.9 Å². The van der Waals surface area contributed by atoms with E-state index in [0.29, 0.717) is 17.7 Å². The number of nitrogens with zero attached hydrogens (tertiary/aromatic N) is 5. The van der Waals surface area contributed by atoms with Gasteiger partial charge in [0.2, 0.25) is 11.8 Å². The fraction of sp³-hybridized carbons (Fsp3) is 0.357. The zero-order valence-electron chi connectivity index (χ0n) is 21.7. The third-order valence-corrected chi connectivity index (χ3v) is 7.36. The molecular formula is C28H27FN6O4. The molecule has 3 amide bonds. The minimum absolute atomic E-state index is 0.0325. The summed E-state index contributed by atoms with van der Waals surface area (Å²) in [7, 11) is 1.48. The van der Waals surface area contributed by atoms with Crippen molar-refractivity contribution in [3.63, 3.8) is 0 Å². The van der Waals surface area contributed by atoms with Crippen molar-refractivity contribution in [1.82, 2.24) is 20.0 Å². The van der Waals surface area contributed by atoms with Crippen molar-refractivity contribution in [2.24, 2.45) is 5.92 Å². The van der Waals surface area contributed by atoms with Crippen molar-refractivity contribution in [2.75, 3.05) is 18.9 Å². The van der Waals surface area contributed by atoms with E-state index in [2.05, 4.69) is 20.4 Å². The third-order valence-electron chi connectivity index (χ3n) is 7.36. The quantitative estimate of drug-likeness (QED) is 0.486. The van der Waals surface area contributed by atoms with Gasteiger partial charge in [0.1, 0.15) is 17.3 Å². The highest BCUT2D eigenvalue weighted by atomic mass is 19.1. The molecule has 200 valence electrons. The number of nitrogens with one attached hydrogen (secondary N) is 1. The average molecular weight is 531 g/mol.